The highest BCUT2D eigenvalue weighted by Crippen LogP contribution is 2.11. The Bertz CT molecular complexity index is 381. The lowest BCUT2D eigenvalue weighted by Gasteiger charge is -2.20. The van der Waals surface area contributed by atoms with Crippen LogP contribution in [-0.2, 0) is 11.2 Å². The van der Waals surface area contributed by atoms with Crippen LogP contribution in [-0.4, -0.2) is 37.5 Å². The highest BCUT2D eigenvalue weighted by molar-refractivity contribution is 5.77. The van der Waals surface area contributed by atoms with Gasteiger partial charge in [0.25, 0.3) is 0 Å². The molecular formula is C13H20N2O2. The molecule has 0 radical (unpaired) electrons. The molecule has 1 aliphatic rings. The van der Waals surface area contributed by atoms with Gasteiger partial charge in [-0.1, -0.05) is 0 Å². The van der Waals surface area contributed by atoms with Crippen molar-refractivity contribution < 1.29 is 9.21 Å². The maximum atomic E-state index is 12.0. The monoisotopic (exact) mass is 236 g/mol. The van der Waals surface area contributed by atoms with Crippen LogP contribution in [0.25, 0.3) is 0 Å². The zero-order valence-corrected chi connectivity index (χ0v) is 10.5. The number of carbonyl (C=O) groups is 1. The van der Waals surface area contributed by atoms with Crippen molar-refractivity contribution in [3.63, 3.8) is 0 Å². The first-order valence-corrected chi connectivity index (χ1v) is 6.15. The fourth-order valence-corrected chi connectivity index (χ4v) is 2.22. The Morgan fingerprint density at radius 2 is 2.41 bits per heavy atom. The zero-order valence-electron chi connectivity index (χ0n) is 10.5. The number of aryl methyl sites for hydroxylation is 1. The first kappa shape index (κ1) is 12.2. The molecular weight excluding hydrogens is 216 g/mol. The van der Waals surface area contributed by atoms with Gasteiger partial charge in [-0.05, 0) is 44.5 Å². The SMILES string of the molecule is Cc1ccc(CC(=O)N(C)CC2CCNC2)o1. The van der Waals surface area contributed by atoms with Gasteiger partial charge in [0, 0.05) is 13.6 Å². The molecule has 1 atom stereocenters. The van der Waals surface area contributed by atoms with Crippen LogP contribution in [0.3, 0.4) is 0 Å². The molecule has 2 heterocycles. The van der Waals surface area contributed by atoms with Crippen molar-refractivity contribution in [3.05, 3.63) is 23.7 Å². The number of furan rings is 1. The summed E-state index contributed by atoms with van der Waals surface area (Å²) in [7, 11) is 1.87. The van der Waals surface area contributed by atoms with Gasteiger partial charge in [0.2, 0.25) is 5.91 Å². The van der Waals surface area contributed by atoms with E-state index in [1.165, 1.54) is 0 Å². The number of hydrogen-bond donors (Lipinski definition) is 1. The predicted octanol–water partition coefficient (Wildman–Crippen LogP) is 1.20. The summed E-state index contributed by atoms with van der Waals surface area (Å²) < 4.78 is 5.41. The van der Waals surface area contributed by atoms with E-state index in [0.29, 0.717) is 12.3 Å². The van der Waals surface area contributed by atoms with Gasteiger partial charge in [-0.15, -0.1) is 0 Å². The van der Waals surface area contributed by atoms with E-state index in [1.807, 2.05) is 31.0 Å². The average molecular weight is 236 g/mol. The Labute approximate surface area is 102 Å². The Kier molecular flexibility index (Phi) is 3.84. The fraction of sp³-hybridized carbons (Fsp3) is 0.615. The second-order valence-corrected chi connectivity index (χ2v) is 4.82. The van der Waals surface area contributed by atoms with Gasteiger partial charge in [-0.25, -0.2) is 0 Å². The second kappa shape index (κ2) is 5.36. The number of carbonyl (C=O) groups excluding carboxylic acids is 1. The number of hydrogen-bond acceptors (Lipinski definition) is 3. The van der Waals surface area contributed by atoms with Gasteiger partial charge in [0.1, 0.15) is 11.5 Å². The lowest BCUT2D eigenvalue weighted by Crippen LogP contribution is -2.33. The van der Waals surface area contributed by atoms with Gasteiger partial charge < -0.3 is 14.6 Å². The first-order chi connectivity index (χ1) is 8.15. The molecule has 1 aromatic heterocycles. The lowest BCUT2D eigenvalue weighted by atomic mass is 10.1. The first-order valence-electron chi connectivity index (χ1n) is 6.15. The predicted molar refractivity (Wildman–Crippen MR) is 65.8 cm³/mol. The third kappa shape index (κ3) is 3.33. The summed E-state index contributed by atoms with van der Waals surface area (Å²) in [5.41, 5.74) is 0. The summed E-state index contributed by atoms with van der Waals surface area (Å²) in [6.45, 7) is 4.83. The molecule has 2 rings (SSSR count). The van der Waals surface area contributed by atoms with Crippen molar-refractivity contribution >= 4 is 5.91 Å². The standard InChI is InChI=1S/C13H20N2O2/c1-10-3-4-12(17-10)7-13(16)15(2)9-11-5-6-14-8-11/h3-4,11,14H,5-9H2,1-2H3. The number of likely N-dealkylation sites (N-methyl/N-ethyl adjacent to an activating group) is 1. The molecule has 0 saturated carbocycles. The van der Waals surface area contributed by atoms with Crippen molar-refractivity contribution in [2.75, 3.05) is 26.7 Å². The van der Waals surface area contributed by atoms with Gasteiger partial charge in [-0.2, -0.15) is 0 Å². The van der Waals surface area contributed by atoms with E-state index in [4.69, 9.17) is 4.42 Å². The molecule has 0 aromatic carbocycles. The highest BCUT2D eigenvalue weighted by Gasteiger charge is 2.19. The molecule has 1 unspecified atom stereocenters. The van der Waals surface area contributed by atoms with Gasteiger partial charge in [0.15, 0.2) is 0 Å². The summed E-state index contributed by atoms with van der Waals surface area (Å²) in [4.78, 5) is 13.8. The molecule has 4 heteroatoms. The van der Waals surface area contributed by atoms with Crippen molar-refractivity contribution in [1.82, 2.24) is 10.2 Å². The molecule has 17 heavy (non-hydrogen) atoms. The number of rotatable bonds is 4. The van der Waals surface area contributed by atoms with E-state index in [0.717, 1.165) is 37.6 Å². The molecule has 1 amide bonds. The smallest absolute Gasteiger partial charge is 0.229 e. The Hall–Kier alpha value is -1.29. The summed E-state index contributed by atoms with van der Waals surface area (Å²) in [6.07, 6.45) is 1.53. The molecule has 94 valence electrons. The van der Waals surface area contributed by atoms with Gasteiger partial charge >= 0.3 is 0 Å². The summed E-state index contributed by atoms with van der Waals surface area (Å²) >= 11 is 0. The molecule has 1 aliphatic heterocycles. The van der Waals surface area contributed by atoms with E-state index < -0.39 is 0 Å². The van der Waals surface area contributed by atoms with Crippen molar-refractivity contribution in [2.24, 2.45) is 5.92 Å². The third-order valence-electron chi connectivity index (χ3n) is 3.24. The second-order valence-electron chi connectivity index (χ2n) is 4.82. The maximum Gasteiger partial charge on any atom is 0.229 e. The molecule has 1 aromatic rings. The minimum Gasteiger partial charge on any atom is -0.466 e. The Balaban J connectivity index is 1.82. The fourth-order valence-electron chi connectivity index (χ4n) is 2.22. The minimum atomic E-state index is 0.131. The van der Waals surface area contributed by atoms with E-state index in [-0.39, 0.29) is 5.91 Å². The number of nitrogens with zero attached hydrogens (tertiary/aromatic N) is 1. The zero-order chi connectivity index (χ0) is 12.3. The minimum absolute atomic E-state index is 0.131. The number of nitrogens with one attached hydrogen (secondary N) is 1. The van der Waals surface area contributed by atoms with Crippen LogP contribution < -0.4 is 5.32 Å². The average Bonchev–Trinajstić information content (AvgIpc) is 2.90. The van der Waals surface area contributed by atoms with Crippen molar-refractivity contribution in [2.45, 2.75) is 19.8 Å². The summed E-state index contributed by atoms with van der Waals surface area (Å²) in [6, 6.07) is 3.77. The number of amides is 1. The quantitative estimate of drug-likeness (QED) is 0.854. The topological polar surface area (TPSA) is 45.5 Å². The normalized spacial score (nSPS) is 19.5. The Morgan fingerprint density at radius 3 is 3.00 bits per heavy atom. The Morgan fingerprint density at radius 1 is 1.59 bits per heavy atom. The van der Waals surface area contributed by atoms with Gasteiger partial charge in [0.05, 0.1) is 6.42 Å². The largest absolute Gasteiger partial charge is 0.466 e. The molecule has 4 nitrogen and oxygen atoms in total. The van der Waals surface area contributed by atoms with Crippen LogP contribution in [0.2, 0.25) is 0 Å². The molecule has 1 fully saturated rings. The van der Waals surface area contributed by atoms with Crippen molar-refractivity contribution in [3.8, 4) is 0 Å². The van der Waals surface area contributed by atoms with Crippen LogP contribution in [0.4, 0.5) is 0 Å². The molecule has 1 saturated heterocycles. The van der Waals surface area contributed by atoms with Crippen LogP contribution in [0.5, 0.6) is 0 Å². The molecule has 0 spiro atoms. The third-order valence-corrected chi connectivity index (χ3v) is 3.24. The van der Waals surface area contributed by atoms with Crippen LogP contribution >= 0.6 is 0 Å². The van der Waals surface area contributed by atoms with Crippen LogP contribution in [0.15, 0.2) is 16.5 Å². The van der Waals surface area contributed by atoms with Crippen molar-refractivity contribution in [1.29, 1.82) is 0 Å². The molecule has 0 bridgehead atoms. The van der Waals surface area contributed by atoms with E-state index in [1.54, 1.807) is 0 Å². The van der Waals surface area contributed by atoms with Crippen LogP contribution in [0, 0.1) is 12.8 Å². The van der Waals surface area contributed by atoms with E-state index in [9.17, 15) is 4.79 Å². The summed E-state index contributed by atoms with van der Waals surface area (Å²) in [5.74, 6) is 2.34. The molecule has 1 N–H and O–H groups in total. The summed E-state index contributed by atoms with van der Waals surface area (Å²) in [5, 5.41) is 3.31. The van der Waals surface area contributed by atoms with Gasteiger partial charge in [-0.3, -0.25) is 4.79 Å². The maximum absolute atomic E-state index is 12.0. The molecule has 0 aliphatic carbocycles. The van der Waals surface area contributed by atoms with Crippen LogP contribution in [0.1, 0.15) is 17.9 Å². The highest BCUT2D eigenvalue weighted by atomic mass is 16.3. The lowest BCUT2D eigenvalue weighted by molar-refractivity contribution is -0.129. The van der Waals surface area contributed by atoms with E-state index in [2.05, 4.69) is 5.32 Å². The van der Waals surface area contributed by atoms with E-state index >= 15 is 0 Å².